The number of nitrogens with zero attached hydrogens (tertiary/aromatic N) is 1. The number of hydrogen-bond acceptors (Lipinski definition) is 5. The van der Waals surface area contributed by atoms with Gasteiger partial charge in [0.1, 0.15) is 0 Å². The maximum atomic E-state index is 12.9. The molecule has 0 aromatic heterocycles. The van der Waals surface area contributed by atoms with Crippen molar-refractivity contribution in [2.75, 3.05) is 19.7 Å². The van der Waals surface area contributed by atoms with Crippen molar-refractivity contribution >= 4 is 21.8 Å². The highest BCUT2D eigenvalue weighted by Crippen LogP contribution is 2.21. The smallest absolute Gasteiger partial charge is 0.338 e. The summed E-state index contributed by atoms with van der Waals surface area (Å²) in [4.78, 5) is 24.4. The largest absolute Gasteiger partial charge is 0.454 e. The molecular formula is C21H23NO5S. The molecule has 1 heterocycles. The molecule has 6 nitrogen and oxygen atoms in total. The molecule has 1 fully saturated rings. The van der Waals surface area contributed by atoms with Gasteiger partial charge in [0, 0.05) is 18.7 Å². The Morgan fingerprint density at radius 3 is 2.18 bits per heavy atom. The molecule has 0 spiro atoms. The maximum absolute atomic E-state index is 12.9. The van der Waals surface area contributed by atoms with E-state index in [1.165, 1.54) is 28.6 Å². The summed E-state index contributed by atoms with van der Waals surface area (Å²) in [6.07, 6.45) is 3.72. The Morgan fingerprint density at radius 1 is 0.857 bits per heavy atom. The van der Waals surface area contributed by atoms with E-state index >= 15 is 0 Å². The lowest BCUT2D eigenvalue weighted by Crippen LogP contribution is -2.32. The summed E-state index contributed by atoms with van der Waals surface area (Å²) in [6, 6.07) is 14.3. The molecule has 0 saturated carbocycles. The van der Waals surface area contributed by atoms with E-state index in [2.05, 4.69) is 0 Å². The highest BCUT2D eigenvalue weighted by molar-refractivity contribution is 7.89. The minimum atomic E-state index is -3.66. The number of carbonyl (C=O) groups is 2. The average Bonchev–Trinajstić information content (AvgIpc) is 3.02. The molecule has 148 valence electrons. The third-order valence-corrected chi connectivity index (χ3v) is 6.60. The fraction of sp³-hybridized carbons (Fsp3) is 0.333. The molecule has 2 aromatic rings. The summed E-state index contributed by atoms with van der Waals surface area (Å²) in [7, 11) is -3.66. The first-order valence-electron chi connectivity index (χ1n) is 9.34. The molecule has 0 atom stereocenters. The van der Waals surface area contributed by atoms with Crippen molar-refractivity contribution in [1.29, 1.82) is 0 Å². The molecule has 28 heavy (non-hydrogen) atoms. The molecule has 1 aliphatic rings. The standard InChI is InChI=1S/C21H23NO5S/c23-20(17-9-4-3-5-10-17)16-27-21(24)18-11-8-12-19(15-18)28(25,26)22-13-6-1-2-7-14-22/h3-5,8-12,15H,1-2,6-7,13-14,16H2. The molecule has 7 heteroatoms. The van der Waals surface area contributed by atoms with Crippen LogP contribution < -0.4 is 0 Å². The van der Waals surface area contributed by atoms with E-state index in [0.717, 1.165) is 25.7 Å². The highest BCUT2D eigenvalue weighted by atomic mass is 32.2. The maximum Gasteiger partial charge on any atom is 0.338 e. The zero-order valence-corrected chi connectivity index (χ0v) is 16.4. The van der Waals surface area contributed by atoms with Crippen LogP contribution in [-0.4, -0.2) is 44.2 Å². The Labute approximate surface area is 165 Å². The number of Topliss-reactive ketones (excluding diaryl/α,β-unsaturated/α-hetero) is 1. The summed E-state index contributed by atoms with van der Waals surface area (Å²) < 4.78 is 32.3. The summed E-state index contributed by atoms with van der Waals surface area (Å²) in [5.74, 6) is -1.04. The van der Waals surface area contributed by atoms with Crippen molar-refractivity contribution in [2.24, 2.45) is 0 Å². The van der Waals surface area contributed by atoms with Gasteiger partial charge in [-0.15, -0.1) is 0 Å². The van der Waals surface area contributed by atoms with Gasteiger partial charge in [-0.05, 0) is 31.0 Å². The molecule has 1 aliphatic heterocycles. The van der Waals surface area contributed by atoms with Crippen molar-refractivity contribution < 1.29 is 22.7 Å². The van der Waals surface area contributed by atoms with Crippen LogP contribution in [0.4, 0.5) is 0 Å². The predicted molar refractivity (Wildman–Crippen MR) is 105 cm³/mol. The molecule has 0 unspecified atom stereocenters. The minimum absolute atomic E-state index is 0.0678. The normalized spacial score (nSPS) is 15.6. The van der Waals surface area contributed by atoms with Gasteiger partial charge in [-0.2, -0.15) is 4.31 Å². The Kier molecular flexibility index (Phi) is 6.59. The van der Waals surface area contributed by atoms with E-state index < -0.39 is 22.6 Å². The van der Waals surface area contributed by atoms with Crippen LogP contribution >= 0.6 is 0 Å². The van der Waals surface area contributed by atoms with Gasteiger partial charge in [-0.1, -0.05) is 49.2 Å². The van der Waals surface area contributed by atoms with Crippen LogP contribution in [0.15, 0.2) is 59.5 Å². The number of hydrogen-bond donors (Lipinski definition) is 0. The summed E-state index contributed by atoms with van der Waals surface area (Å²) in [5.41, 5.74) is 0.560. The first kappa shape index (κ1) is 20.2. The number of ether oxygens (including phenoxy) is 1. The summed E-state index contributed by atoms with van der Waals surface area (Å²) in [6.45, 7) is 0.580. The van der Waals surface area contributed by atoms with Gasteiger partial charge >= 0.3 is 5.97 Å². The Hall–Kier alpha value is -2.51. The van der Waals surface area contributed by atoms with Gasteiger partial charge in [0.2, 0.25) is 10.0 Å². The van der Waals surface area contributed by atoms with Crippen LogP contribution in [0.3, 0.4) is 0 Å². The summed E-state index contributed by atoms with van der Waals surface area (Å²) in [5, 5.41) is 0. The number of benzene rings is 2. The minimum Gasteiger partial charge on any atom is -0.454 e. The van der Waals surface area contributed by atoms with Gasteiger partial charge < -0.3 is 4.74 Å². The molecule has 0 aliphatic carbocycles. The molecule has 0 amide bonds. The van der Waals surface area contributed by atoms with Crippen LogP contribution in [0.1, 0.15) is 46.4 Å². The van der Waals surface area contributed by atoms with Crippen LogP contribution in [-0.2, 0) is 14.8 Å². The molecule has 2 aromatic carbocycles. The molecular weight excluding hydrogens is 378 g/mol. The lowest BCUT2D eigenvalue weighted by molar-refractivity contribution is 0.0474. The highest BCUT2D eigenvalue weighted by Gasteiger charge is 2.26. The van der Waals surface area contributed by atoms with Crippen molar-refractivity contribution in [1.82, 2.24) is 4.31 Å². The molecule has 0 radical (unpaired) electrons. The summed E-state index contributed by atoms with van der Waals surface area (Å²) >= 11 is 0. The van der Waals surface area contributed by atoms with E-state index in [0.29, 0.717) is 18.7 Å². The predicted octanol–water partition coefficient (Wildman–Crippen LogP) is 3.29. The van der Waals surface area contributed by atoms with Gasteiger partial charge in [-0.3, -0.25) is 4.79 Å². The van der Waals surface area contributed by atoms with Crippen molar-refractivity contribution in [3.05, 3.63) is 65.7 Å². The number of sulfonamides is 1. The number of carbonyl (C=O) groups excluding carboxylic acids is 2. The second-order valence-corrected chi connectivity index (χ2v) is 8.65. The van der Waals surface area contributed by atoms with Crippen LogP contribution in [0.25, 0.3) is 0 Å². The second-order valence-electron chi connectivity index (χ2n) is 6.71. The lowest BCUT2D eigenvalue weighted by atomic mass is 10.1. The number of rotatable bonds is 6. The molecule has 0 bridgehead atoms. The second kappa shape index (κ2) is 9.12. The Morgan fingerprint density at radius 2 is 1.50 bits per heavy atom. The Balaban J connectivity index is 1.70. The van der Waals surface area contributed by atoms with Crippen LogP contribution in [0.5, 0.6) is 0 Å². The van der Waals surface area contributed by atoms with Gasteiger partial charge in [0.15, 0.2) is 12.4 Å². The third-order valence-electron chi connectivity index (χ3n) is 4.70. The monoisotopic (exact) mass is 401 g/mol. The molecule has 0 N–H and O–H groups in total. The van der Waals surface area contributed by atoms with Crippen LogP contribution in [0, 0.1) is 0 Å². The number of esters is 1. The first-order chi connectivity index (χ1) is 13.5. The Bertz CT molecular complexity index is 932. The van der Waals surface area contributed by atoms with Crippen LogP contribution in [0.2, 0.25) is 0 Å². The van der Waals surface area contributed by atoms with Gasteiger partial charge in [-0.25, -0.2) is 13.2 Å². The van der Waals surface area contributed by atoms with Crippen molar-refractivity contribution in [3.63, 3.8) is 0 Å². The molecule has 1 saturated heterocycles. The zero-order chi connectivity index (χ0) is 20.0. The number of ketones is 1. The van der Waals surface area contributed by atoms with E-state index in [9.17, 15) is 18.0 Å². The fourth-order valence-corrected chi connectivity index (χ4v) is 4.70. The van der Waals surface area contributed by atoms with Crippen molar-refractivity contribution in [2.45, 2.75) is 30.6 Å². The van der Waals surface area contributed by atoms with Crippen molar-refractivity contribution in [3.8, 4) is 0 Å². The SMILES string of the molecule is O=C(COC(=O)c1cccc(S(=O)(=O)N2CCCCCC2)c1)c1ccccc1. The zero-order valence-electron chi connectivity index (χ0n) is 15.5. The lowest BCUT2D eigenvalue weighted by Gasteiger charge is -2.20. The fourth-order valence-electron chi connectivity index (χ4n) is 3.14. The van der Waals surface area contributed by atoms with E-state index in [-0.39, 0.29) is 16.2 Å². The molecule has 3 rings (SSSR count). The average molecular weight is 401 g/mol. The topological polar surface area (TPSA) is 80.8 Å². The first-order valence-corrected chi connectivity index (χ1v) is 10.8. The van der Waals surface area contributed by atoms with Gasteiger partial charge in [0.05, 0.1) is 10.5 Å². The van der Waals surface area contributed by atoms with E-state index in [1.54, 1.807) is 30.3 Å². The third kappa shape index (κ3) is 4.85. The van der Waals surface area contributed by atoms with Gasteiger partial charge in [0.25, 0.3) is 0 Å². The van der Waals surface area contributed by atoms with E-state index in [4.69, 9.17) is 4.74 Å². The quantitative estimate of drug-likeness (QED) is 0.548. The van der Waals surface area contributed by atoms with E-state index in [1.807, 2.05) is 0 Å².